The number of benzene rings is 2. The molecule has 0 spiro atoms. The number of carbonyl (C=O) groups excluding carboxylic acids is 1. The lowest BCUT2D eigenvalue weighted by Gasteiger charge is -2.12. The Hall–Kier alpha value is -2.60. The molecule has 0 aliphatic carbocycles. The zero-order valence-electron chi connectivity index (χ0n) is 11.4. The number of carbonyl (C=O) groups is 1. The number of nitrogens with one attached hydrogen (secondary N) is 1. The van der Waals surface area contributed by atoms with E-state index in [0.29, 0.717) is 22.6 Å². The van der Waals surface area contributed by atoms with E-state index in [1.165, 1.54) is 19.2 Å². The van der Waals surface area contributed by atoms with Gasteiger partial charge in [-0.05, 0) is 24.3 Å². The summed E-state index contributed by atoms with van der Waals surface area (Å²) < 4.78 is 24.2. The van der Waals surface area contributed by atoms with Crippen molar-refractivity contribution in [2.24, 2.45) is 5.84 Å². The van der Waals surface area contributed by atoms with Crippen molar-refractivity contribution in [2.75, 3.05) is 7.11 Å². The molecule has 0 aromatic heterocycles. The van der Waals surface area contributed by atoms with Gasteiger partial charge in [-0.25, -0.2) is 10.2 Å². The maximum absolute atomic E-state index is 13.5. The van der Waals surface area contributed by atoms with Gasteiger partial charge >= 0.3 is 0 Å². The van der Waals surface area contributed by atoms with Gasteiger partial charge < -0.3 is 9.47 Å². The molecule has 0 aliphatic rings. The van der Waals surface area contributed by atoms with Crippen LogP contribution in [0.2, 0.25) is 0 Å². The Morgan fingerprint density at radius 3 is 2.67 bits per heavy atom. The number of amides is 1. The van der Waals surface area contributed by atoms with E-state index >= 15 is 0 Å². The minimum absolute atomic E-state index is 0.0610. The van der Waals surface area contributed by atoms with E-state index in [1.54, 1.807) is 30.3 Å². The van der Waals surface area contributed by atoms with Gasteiger partial charge in [-0.15, -0.1) is 0 Å². The predicted molar refractivity (Wildman–Crippen MR) is 75.4 cm³/mol. The average molecular weight is 290 g/mol. The second-order valence-corrected chi connectivity index (χ2v) is 4.22. The third-order valence-electron chi connectivity index (χ3n) is 2.90. The van der Waals surface area contributed by atoms with Crippen LogP contribution in [0.3, 0.4) is 0 Å². The molecule has 6 heteroatoms. The van der Waals surface area contributed by atoms with Crippen LogP contribution in [-0.4, -0.2) is 13.0 Å². The highest BCUT2D eigenvalue weighted by molar-refractivity contribution is 5.94. The SMILES string of the molecule is COc1cc(C(=O)NN)ccc1OCc1ccccc1F. The lowest BCUT2D eigenvalue weighted by molar-refractivity contribution is 0.0953. The van der Waals surface area contributed by atoms with Crippen molar-refractivity contribution in [3.63, 3.8) is 0 Å². The number of methoxy groups -OCH3 is 1. The van der Waals surface area contributed by atoms with Gasteiger partial charge in [0.05, 0.1) is 7.11 Å². The molecular formula is C15H15FN2O3. The number of rotatable bonds is 5. The van der Waals surface area contributed by atoms with E-state index < -0.39 is 5.91 Å². The van der Waals surface area contributed by atoms with Crippen LogP contribution in [0.15, 0.2) is 42.5 Å². The quantitative estimate of drug-likeness (QED) is 0.502. The molecule has 0 saturated carbocycles. The van der Waals surface area contributed by atoms with Crippen LogP contribution in [0.4, 0.5) is 4.39 Å². The van der Waals surface area contributed by atoms with Crippen molar-refractivity contribution >= 4 is 5.91 Å². The van der Waals surface area contributed by atoms with Crippen LogP contribution in [0.5, 0.6) is 11.5 Å². The van der Waals surface area contributed by atoms with Crippen LogP contribution in [0.1, 0.15) is 15.9 Å². The van der Waals surface area contributed by atoms with Crippen molar-refractivity contribution in [3.05, 3.63) is 59.4 Å². The normalized spacial score (nSPS) is 10.0. The van der Waals surface area contributed by atoms with Gasteiger partial charge in [-0.2, -0.15) is 0 Å². The fraction of sp³-hybridized carbons (Fsp3) is 0.133. The van der Waals surface area contributed by atoms with Crippen LogP contribution in [0.25, 0.3) is 0 Å². The number of halogens is 1. The first-order chi connectivity index (χ1) is 10.2. The molecule has 0 heterocycles. The van der Waals surface area contributed by atoms with Gasteiger partial charge in [-0.1, -0.05) is 18.2 Å². The summed E-state index contributed by atoms with van der Waals surface area (Å²) in [5.74, 6) is 5.08. The Bertz CT molecular complexity index is 647. The molecule has 0 bridgehead atoms. The molecule has 0 unspecified atom stereocenters. The van der Waals surface area contributed by atoms with Gasteiger partial charge in [-0.3, -0.25) is 10.2 Å². The average Bonchev–Trinajstić information content (AvgIpc) is 2.53. The Labute approximate surface area is 121 Å². The Kier molecular flexibility index (Phi) is 4.73. The zero-order chi connectivity index (χ0) is 15.2. The highest BCUT2D eigenvalue weighted by atomic mass is 19.1. The molecule has 2 aromatic carbocycles. The molecule has 0 saturated heterocycles. The largest absolute Gasteiger partial charge is 0.493 e. The summed E-state index contributed by atoms with van der Waals surface area (Å²) in [6, 6.07) is 11.0. The minimum atomic E-state index is -0.436. The summed E-state index contributed by atoms with van der Waals surface area (Å²) >= 11 is 0. The molecule has 0 radical (unpaired) electrons. The number of hydrogen-bond acceptors (Lipinski definition) is 4. The van der Waals surface area contributed by atoms with Crippen molar-refractivity contribution < 1.29 is 18.7 Å². The number of hydrazine groups is 1. The molecule has 0 atom stereocenters. The molecular weight excluding hydrogens is 275 g/mol. The van der Waals surface area contributed by atoms with E-state index in [2.05, 4.69) is 0 Å². The van der Waals surface area contributed by atoms with Crippen molar-refractivity contribution in [2.45, 2.75) is 6.61 Å². The van der Waals surface area contributed by atoms with E-state index in [4.69, 9.17) is 15.3 Å². The van der Waals surface area contributed by atoms with Crippen LogP contribution < -0.4 is 20.7 Å². The van der Waals surface area contributed by atoms with Gasteiger partial charge in [0.25, 0.3) is 5.91 Å². The molecule has 110 valence electrons. The van der Waals surface area contributed by atoms with Crippen molar-refractivity contribution in [3.8, 4) is 11.5 Å². The molecule has 5 nitrogen and oxygen atoms in total. The Morgan fingerprint density at radius 1 is 1.24 bits per heavy atom. The highest BCUT2D eigenvalue weighted by Gasteiger charge is 2.11. The smallest absolute Gasteiger partial charge is 0.265 e. The Morgan fingerprint density at radius 2 is 2.00 bits per heavy atom. The number of nitrogens with two attached hydrogens (primary N) is 1. The van der Waals surface area contributed by atoms with Gasteiger partial charge in [0.15, 0.2) is 11.5 Å². The van der Waals surface area contributed by atoms with Crippen LogP contribution in [0, 0.1) is 5.82 Å². The maximum Gasteiger partial charge on any atom is 0.265 e. The van der Waals surface area contributed by atoms with E-state index in [-0.39, 0.29) is 12.4 Å². The third-order valence-corrected chi connectivity index (χ3v) is 2.90. The molecule has 21 heavy (non-hydrogen) atoms. The first-order valence-corrected chi connectivity index (χ1v) is 6.21. The van der Waals surface area contributed by atoms with Gasteiger partial charge in [0, 0.05) is 11.1 Å². The lowest BCUT2D eigenvalue weighted by Crippen LogP contribution is -2.29. The summed E-state index contributed by atoms with van der Waals surface area (Å²) in [7, 11) is 1.45. The molecule has 2 aromatic rings. The first kappa shape index (κ1) is 14.8. The molecule has 0 fully saturated rings. The Balaban J connectivity index is 2.17. The summed E-state index contributed by atoms with van der Waals surface area (Å²) in [5, 5.41) is 0. The van der Waals surface area contributed by atoms with Crippen LogP contribution in [-0.2, 0) is 6.61 Å². The van der Waals surface area contributed by atoms with Gasteiger partial charge in [0.2, 0.25) is 0 Å². The number of ether oxygens (including phenoxy) is 2. The summed E-state index contributed by atoms with van der Waals surface area (Å²) in [6.45, 7) is 0.0610. The monoisotopic (exact) mass is 290 g/mol. The summed E-state index contributed by atoms with van der Waals surface area (Å²) in [5.41, 5.74) is 2.81. The molecule has 1 amide bonds. The summed E-state index contributed by atoms with van der Waals surface area (Å²) in [4.78, 5) is 11.4. The maximum atomic E-state index is 13.5. The van der Waals surface area contributed by atoms with Gasteiger partial charge in [0.1, 0.15) is 12.4 Å². The predicted octanol–water partition coefficient (Wildman–Crippen LogP) is 2.02. The highest BCUT2D eigenvalue weighted by Crippen LogP contribution is 2.29. The minimum Gasteiger partial charge on any atom is -0.493 e. The fourth-order valence-electron chi connectivity index (χ4n) is 1.78. The van der Waals surface area contributed by atoms with Crippen molar-refractivity contribution in [1.82, 2.24) is 5.43 Å². The standard InChI is InChI=1S/C15H15FN2O3/c1-20-14-8-10(15(19)18-17)6-7-13(14)21-9-11-4-2-3-5-12(11)16/h2-8H,9,17H2,1H3,(H,18,19). The molecule has 2 rings (SSSR count). The fourth-order valence-corrected chi connectivity index (χ4v) is 1.78. The first-order valence-electron chi connectivity index (χ1n) is 6.21. The molecule has 0 aliphatic heterocycles. The van der Waals surface area contributed by atoms with E-state index in [1.807, 2.05) is 5.43 Å². The second-order valence-electron chi connectivity index (χ2n) is 4.22. The third kappa shape index (κ3) is 3.49. The number of hydrogen-bond donors (Lipinski definition) is 2. The lowest BCUT2D eigenvalue weighted by atomic mass is 10.2. The topological polar surface area (TPSA) is 73.6 Å². The van der Waals surface area contributed by atoms with E-state index in [9.17, 15) is 9.18 Å². The zero-order valence-corrected chi connectivity index (χ0v) is 11.4. The molecule has 3 N–H and O–H groups in total. The second kappa shape index (κ2) is 6.71. The summed E-state index contributed by atoms with van der Waals surface area (Å²) in [6.07, 6.45) is 0. The van der Waals surface area contributed by atoms with Crippen LogP contribution >= 0.6 is 0 Å². The van der Waals surface area contributed by atoms with E-state index in [0.717, 1.165) is 0 Å². The van der Waals surface area contributed by atoms with Crippen molar-refractivity contribution in [1.29, 1.82) is 0 Å². The number of nitrogen functional groups attached to an aromatic ring is 1.